The van der Waals surface area contributed by atoms with E-state index < -0.39 is 0 Å². The van der Waals surface area contributed by atoms with Crippen LogP contribution in [0.5, 0.6) is 0 Å². The van der Waals surface area contributed by atoms with E-state index in [2.05, 4.69) is 12.8 Å². The molecule has 0 radical (unpaired) electrons. The molecule has 2 unspecified atom stereocenters. The topological polar surface area (TPSA) is 17.1 Å². The summed E-state index contributed by atoms with van der Waals surface area (Å²) in [5.41, 5.74) is -0.159. The molecule has 1 aliphatic carbocycles. The van der Waals surface area contributed by atoms with Crippen LogP contribution in [0.2, 0.25) is 0 Å². The number of carbonyl (C=O) groups excluding carboxylic acids is 1. The van der Waals surface area contributed by atoms with Crippen LogP contribution in [0, 0.1) is 23.7 Å². The van der Waals surface area contributed by atoms with Crippen LogP contribution in [-0.4, -0.2) is 5.78 Å². The Bertz CT molecular complexity index is 257. The third kappa shape index (κ3) is 1.43. The summed E-state index contributed by atoms with van der Waals surface area (Å²) in [6.07, 6.45) is 10.7. The number of carbonyl (C=O) groups is 1. The number of rotatable bonds is 1. The second-order valence-corrected chi connectivity index (χ2v) is 3.49. The van der Waals surface area contributed by atoms with E-state index in [-0.39, 0.29) is 17.1 Å². The van der Waals surface area contributed by atoms with E-state index in [1.165, 1.54) is 0 Å². The fourth-order valence-corrected chi connectivity index (χ4v) is 1.59. The molecule has 0 aromatic rings. The third-order valence-corrected chi connectivity index (χ3v) is 2.64. The van der Waals surface area contributed by atoms with Gasteiger partial charge in [-0.15, -0.1) is 6.42 Å². The van der Waals surface area contributed by atoms with E-state index >= 15 is 0 Å². The number of hydrogen-bond donors (Lipinski definition) is 0. The van der Waals surface area contributed by atoms with Crippen molar-refractivity contribution in [1.82, 2.24) is 0 Å². The fourth-order valence-electron chi connectivity index (χ4n) is 1.59. The largest absolute Gasteiger partial charge is 0.295 e. The first kappa shape index (κ1) is 9.06. The van der Waals surface area contributed by atoms with Crippen LogP contribution < -0.4 is 0 Å². The Morgan fingerprint density at radius 2 is 2.50 bits per heavy atom. The lowest BCUT2D eigenvalue weighted by Crippen LogP contribution is -2.26. The van der Waals surface area contributed by atoms with Gasteiger partial charge in [-0.1, -0.05) is 25.8 Å². The smallest absolute Gasteiger partial charge is 0.158 e. The van der Waals surface area contributed by atoms with E-state index in [1.54, 1.807) is 6.08 Å². The summed E-state index contributed by atoms with van der Waals surface area (Å²) in [6, 6.07) is 0. The number of ketones is 1. The third-order valence-electron chi connectivity index (χ3n) is 2.64. The first-order valence-corrected chi connectivity index (χ1v) is 4.34. The van der Waals surface area contributed by atoms with Crippen LogP contribution in [0.4, 0.5) is 0 Å². The molecule has 0 spiro atoms. The second kappa shape index (κ2) is 3.15. The van der Waals surface area contributed by atoms with Crippen LogP contribution in [0.15, 0.2) is 12.2 Å². The molecule has 0 aliphatic heterocycles. The predicted molar refractivity (Wildman–Crippen MR) is 49.5 cm³/mol. The lowest BCUT2D eigenvalue weighted by atomic mass is 9.73. The van der Waals surface area contributed by atoms with Gasteiger partial charge in [0.05, 0.1) is 0 Å². The van der Waals surface area contributed by atoms with Crippen molar-refractivity contribution in [3.63, 3.8) is 0 Å². The number of allylic oxidation sites excluding steroid dienone is 2. The first-order valence-electron chi connectivity index (χ1n) is 4.34. The van der Waals surface area contributed by atoms with E-state index in [0.717, 1.165) is 12.8 Å². The van der Waals surface area contributed by atoms with Crippen molar-refractivity contribution in [2.45, 2.75) is 26.7 Å². The molecule has 0 N–H and O–H groups in total. The van der Waals surface area contributed by atoms with Gasteiger partial charge >= 0.3 is 0 Å². The lowest BCUT2D eigenvalue weighted by molar-refractivity contribution is -0.118. The van der Waals surface area contributed by atoms with Gasteiger partial charge in [-0.3, -0.25) is 4.79 Å². The molecule has 1 rings (SSSR count). The maximum Gasteiger partial charge on any atom is 0.158 e. The summed E-state index contributed by atoms with van der Waals surface area (Å²) in [7, 11) is 0. The highest BCUT2D eigenvalue weighted by Crippen LogP contribution is 2.34. The van der Waals surface area contributed by atoms with E-state index in [9.17, 15) is 4.79 Å². The van der Waals surface area contributed by atoms with Crippen LogP contribution in [0.1, 0.15) is 26.7 Å². The minimum atomic E-state index is -0.159. The molecule has 1 aliphatic rings. The van der Waals surface area contributed by atoms with Crippen molar-refractivity contribution in [2.24, 2.45) is 11.3 Å². The molecule has 0 saturated heterocycles. The molecule has 1 nitrogen and oxygen atoms in total. The molecular weight excluding hydrogens is 148 g/mol. The van der Waals surface area contributed by atoms with Crippen LogP contribution in [0.3, 0.4) is 0 Å². The van der Waals surface area contributed by atoms with Gasteiger partial charge in [-0.25, -0.2) is 0 Å². The Morgan fingerprint density at radius 3 is 2.92 bits per heavy atom. The number of hydrogen-bond acceptors (Lipinski definition) is 1. The minimum absolute atomic E-state index is 0.0889. The Labute approximate surface area is 73.9 Å². The van der Waals surface area contributed by atoms with Gasteiger partial charge < -0.3 is 0 Å². The van der Waals surface area contributed by atoms with Crippen molar-refractivity contribution in [3.8, 4) is 12.3 Å². The highest BCUT2D eigenvalue weighted by molar-refractivity contribution is 5.92. The molecule has 0 fully saturated rings. The van der Waals surface area contributed by atoms with Gasteiger partial charge in [0, 0.05) is 11.3 Å². The molecule has 12 heavy (non-hydrogen) atoms. The second-order valence-electron chi connectivity index (χ2n) is 3.49. The van der Waals surface area contributed by atoms with Gasteiger partial charge in [0.25, 0.3) is 0 Å². The summed E-state index contributed by atoms with van der Waals surface area (Å²) in [5, 5.41) is 0. The lowest BCUT2D eigenvalue weighted by Gasteiger charge is -2.29. The van der Waals surface area contributed by atoms with Crippen LogP contribution >= 0.6 is 0 Å². The maximum atomic E-state index is 11.2. The molecule has 64 valence electrons. The molecule has 0 heterocycles. The summed E-state index contributed by atoms with van der Waals surface area (Å²) >= 11 is 0. The van der Waals surface area contributed by atoms with Crippen LogP contribution in [0.25, 0.3) is 0 Å². The molecule has 0 bridgehead atoms. The van der Waals surface area contributed by atoms with Gasteiger partial charge in [-0.2, -0.15) is 0 Å². The Kier molecular flexibility index (Phi) is 2.38. The average molecular weight is 162 g/mol. The highest BCUT2D eigenvalue weighted by Gasteiger charge is 2.31. The number of terminal acetylenes is 1. The first-order chi connectivity index (χ1) is 5.63. The molecule has 2 atom stereocenters. The molecule has 0 aromatic carbocycles. The standard InChI is InChI=1S/C11H14O/c1-4-11(5-2)7-6-10(12)9(3)8-11/h1,6-7,9H,5,8H2,2-3H3. The predicted octanol–water partition coefficient (Wildman–Crippen LogP) is 2.18. The van der Waals surface area contributed by atoms with Gasteiger partial charge in [0.15, 0.2) is 5.78 Å². The van der Waals surface area contributed by atoms with Crippen molar-refractivity contribution in [3.05, 3.63) is 12.2 Å². The quantitative estimate of drug-likeness (QED) is 0.540. The van der Waals surface area contributed by atoms with Gasteiger partial charge in [0.1, 0.15) is 0 Å². The van der Waals surface area contributed by atoms with Crippen LogP contribution in [-0.2, 0) is 4.79 Å². The molecule has 0 amide bonds. The molecule has 0 saturated carbocycles. The summed E-state index contributed by atoms with van der Waals surface area (Å²) in [4.78, 5) is 11.2. The molecule has 0 aromatic heterocycles. The average Bonchev–Trinajstić information content (AvgIpc) is 2.10. The van der Waals surface area contributed by atoms with Crippen molar-refractivity contribution in [2.75, 3.05) is 0 Å². The summed E-state index contributed by atoms with van der Waals surface area (Å²) < 4.78 is 0. The zero-order valence-corrected chi connectivity index (χ0v) is 7.63. The normalized spacial score (nSPS) is 34.8. The van der Waals surface area contributed by atoms with Crippen molar-refractivity contribution in [1.29, 1.82) is 0 Å². The highest BCUT2D eigenvalue weighted by atomic mass is 16.1. The van der Waals surface area contributed by atoms with E-state index in [1.807, 2.05) is 13.0 Å². The van der Waals surface area contributed by atoms with E-state index in [4.69, 9.17) is 6.42 Å². The fraction of sp³-hybridized carbons (Fsp3) is 0.545. The Hall–Kier alpha value is -1.03. The maximum absolute atomic E-state index is 11.2. The van der Waals surface area contributed by atoms with Crippen molar-refractivity contribution < 1.29 is 4.79 Å². The molecule has 1 heteroatoms. The zero-order valence-electron chi connectivity index (χ0n) is 7.63. The zero-order chi connectivity index (χ0) is 9.19. The molecular formula is C11H14O. The summed E-state index contributed by atoms with van der Waals surface area (Å²) in [6.45, 7) is 4.00. The van der Waals surface area contributed by atoms with E-state index in [0.29, 0.717) is 0 Å². The SMILES string of the molecule is C#CC1(CC)C=CC(=O)C(C)C1. The minimum Gasteiger partial charge on any atom is -0.295 e. The van der Waals surface area contributed by atoms with Gasteiger partial charge in [-0.05, 0) is 18.9 Å². The monoisotopic (exact) mass is 162 g/mol. The summed E-state index contributed by atoms with van der Waals surface area (Å²) in [5.74, 6) is 3.07. The Balaban J connectivity index is 2.92. The van der Waals surface area contributed by atoms with Crippen molar-refractivity contribution >= 4 is 5.78 Å². The Morgan fingerprint density at radius 1 is 1.83 bits per heavy atom. The van der Waals surface area contributed by atoms with Gasteiger partial charge in [0.2, 0.25) is 0 Å².